The van der Waals surface area contributed by atoms with Crippen molar-refractivity contribution >= 4 is 21.5 Å². The molecule has 0 atom stereocenters. The van der Waals surface area contributed by atoms with E-state index in [2.05, 4.69) is 27.5 Å². The highest BCUT2D eigenvalue weighted by Crippen LogP contribution is 2.16. The van der Waals surface area contributed by atoms with Gasteiger partial charge in [-0.15, -0.1) is 0 Å². The number of aromatic nitrogens is 1. The molecule has 0 fully saturated rings. The zero-order chi connectivity index (χ0) is 8.43. The number of hydrogen-bond acceptors (Lipinski definition) is 1. The van der Waals surface area contributed by atoms with Gasteiger partial charge >= 0.3 is 0 Å². The van der Waals surface area contributed by atoms with Crippen LogP contribution in [-0.4, -0.2) is 4.98 Å². The normalized spacial score (nSPS) is 9.73. The Morgan fingerprint density at radius 3 is 2.73 bits per heavy atom. The number of allylic oxidation sites excluding steroid dienone is 1. The van der Waals surface area contributed by atoms with Gasteiger partial charge in [0.05, 0.1) is 0 Å². The van der Waals surface area contributed by atoms with Crippen LogP contribution in [0.4, 0.5) is 4.39 Å². The van der Waals surface area contributed by atoms with Crippen molar-refractivity contribution in [3.8, 4) is 0 Å². The van der Waals surface area contributed by atoms with Gasteiger partial charge in [0.1, 0.15) is 16.1 Å². The molecule has 0 unspecified atom stereocenters. The third kappa shape index (κ3) is 1.87. The molecule has 0 saturated heterocycles. The molecule has 0 aliphatic rings. The summed E-state index contributed by atoms with van der Waals surface area (Å²) in [5, 5.41) is 0. The summed E-state index contributed by atoms with van der Waals surface area (Å²) in [4.78, 5) is 3.91. The van der Waals surface area contributed by atoms with Crippen LogP contribution in [0.25, 0.3) is 5.57 Å². The molecule has 0 aromatic carbocycles. The molecular weight excluding hydrogens is 209 g/mol. The minimum absolute atomic E-state index is 0.319. The summed E-state index contributed by atoms with van der Waals surface area (Å²) in [6.45, 7) is 5.32. The van der Waals surface area contributed by atoms with Gasteiger partial charge in [0.2, 0.25) is 0 Å². The largest absolute Gasteiger partial charge is 0.238 e. The van der Waals surface area contributed by atoms with Gasteiger partial charge in [0.25, 0.3) is 0 Å². The quantitative estimate of drug-likeness (QED) is 0.657. The molecule has 1 aromatic heterocycles. The van der Waals surface area contributed by atoms with Gasteiger partial charge in [-0.1, -0.05) is 6.58 Å². The fourth-order valence-corrected chi connectivity index (χ4v) is 1.03. The lowest BCUT2D eigenvalue weighted by molar-refractivity contribution is 0.615. The first-order chi connectivity index (χ1) is 5.11. The van der Waals surface area contributed by atoms with E-state index in [1.54, 1.807) is 13.0 Å². The lowest BCUT2D eigenvalue weighted by atomic mass is 10.2. The second kappa shape index (κ2) is 3.13. The summed E-state index contributed by atoms with van der Waals surface area (Å²) in [7, 11) is 0. The van der Waals surface area contributed by atoms with Gasteiger partial charge in [-0.3, -0.25) is 0 Å². The number of pyridine rings is 1. The maximum Gasteiger partial charge on any atom is 0.149 e. The van der Waals surface area contributed by atoms with Crippen molar-refractivity contribution in [1.29, 1.82) is 0 Å². The van der Waals surface area contributed by atoms with E-state index in [1.165, 1.54) is 6.07 Å². The Balaban J connectivity index is 3.23. The van der Waals surface area contributed by atoms with Gasteiger partial charge in [0, 0.05) is 0 Å². The molecule has 0 aliphatic heterocycles. The van der Waals surface area contributed by atoms with E-state index < -0.39 is 0 Å². The van der Waals surface area contributed by atoms with E-state index in [9.17, 15) is 4.39 Å². The van der Waals surface area contributed by atoms with Crippen molar-refractivity contribution in [2.75, 3.05) is 0 Å². The monoisotopic (exact) mass is 215 g/mol. The molecule has 0 amide bonds. The zero-order valence-corrected chi connectivity index (χ0v) is 7.65. The van der Waals surface area contributed by atoms with E-state index in [0.29, 0.717) is 15.9 Å². The molecule has 0 spiro atoms. The number of halogens is 2. The van der Waals surface area contributed by atoms with Crippen LogP contribution < -0.4 is 0 Å². The zero-order valence-electron chi connectivity index (χ0n) is 6.06. The van der Waals surface area contributed by atoms with Crippen LogP contribution in [0.15, 0.2) is 23.3 Å². The highest BCUT2D eigenvalue weighted by molar-refractivity contribution is 9.10. The molecule has 1 nitrogen and oxygen atoms in total. The fraction of sp³-hybridized carbons (Fsp3) is 0.125. The van der Waals surface area contributed by atoms with Gasteiger partial charge in [0.15, 0.2) is 0 Å². The van der Waals surface area contributed by atoms with Crippen LogP contribution in [0.1, 0.15) is 12.6 Å². The van der Waals surface area contributed by atoms with Crippen LogP contribution in [-0.2, 0) is 0 Å². The van der Waals surface area contributed by atoms with Crippen molar-refractivity contribution in [3.05, 3.63) is 34.8 Å². The molecule has 1 rings (SSSR count). The van der Waals surface area contributed by atoms with Crippen LogP contribution in [0.5, 0.6) is 0 Å². The Labute approximate surface area is 73.1 Å². The summed E-state index contributed by atoms with van der Waals surface area (Å²) in [5.74, 6) is -0.333. The van der Waals surface area contributed by atoms with E-state index in [1.807, 2.05) is 0 Å². The molecule has 0 radical (unpaired) electrons. The number of nitrogens with zero attached hydrogens (tertiary/aromatic N) is 1. The standard InChI is InChI=1S/C8H7BrFN/c1-5(2)8-6(10)3-4-7(9)11-8/h3-4H,1H2,2H3. The lowest BCUT2D eigenvalue weighted by Gasteiger charge is -1.99. The Morgan fingerprint density at radius 1 is 1.64 bits per heavy atom. The molecule has 0 aliphatic carbocycles. The first-order valence-corrected chi connectivity index (χ1v) is 3.88. The average molecular weight is 216 g/mol. The topological polar surface area (TPSA) is 12.9 Å². The van der Waals surface area contributed by atoms with Crippen molar-refractivity contribution in [2.45, 2.75) is 6.92 Å². The summed E-state index contributed by atoms with van der Waals surface area (Å²) in [5.41, 5.74) is 0.947. The van der Waals surface area contributed by atoms with E-state index in [-0.39, 0.29) is 5.82 Å². The van der Waals surface area contributed by atoms with Gasteiger partial charge in [-0.25, -0.2) is 9.37 Å². The molecule has 0 bridgehead atoms. The van der Waals surface area contributed by atoms with Gasteiger partial charge in [-0.2, -0.15) is 0 Å². The Bertz CT molecular complexity index is 296. The molecule has 0 N–H and O–H groups in total. The molecule has 0 saturated carbocycles. The summed E-state index contributed by atoms with van der Waals surface area (Å²) in [6, 6.07) is 2.92. The van der Waals surface area contributed by atoms with Crippen molar-refractivity contribution in [1.82, 2.24) is 4.98 Å². The molecule has 11 heavy (non-hydrogen) atoms. The van der Waals surface area contributed by atoms with Crippen LogP contribution in [0, 0.1) is 5.82 Å². The second-order valence-electron chi connectivity index (χ2n) is 2.24. The molecule has 1 aromatic rings. The van der Waals surface area contributed by atoms with Crippen molar-refractivity contribution < 1.29 is 4.39 Å². The maximum atomic E-state index is 12.9. The smallest absolute Gasteiger partial charge is 0.149 e. The Morgan fingerprint density at radius 2 is 2.27 bits per heavy atom. The van der Waals surface area contributed by atoms with Crippen molar-refractivity contribution in [2.24, 2.45) is 0 Å². The van der Waals surface area contributed by atoms with E-state index in [4.69, 9.17) is 0 Å². The highest BCUT2D eigenvalue weighted by Gasteiger charge is 2.03. The van der Waals surface area contributed by atoms with Crippen molar-refractivity contribution in [3.63, 3.8) is 0 Å². The summed E-state index contributed by atoms with van der Waals surface area (Å²) >= 11 is 3.15. The summed E-state index contributed by atoms with van der Waals surface area (Å²) in [6.07, 6.45) is 0. The van der Waals surface area contributed by atoms with Crippen LogP contribution in [0.2, 0.25) is 0 Å². The van der Waals surface area contributed by atoms with E-state index >= 15 is 0 Å². The Hall–Kier alpha value is -0.700. The predicted molar refractivity (Wildman–Crippen MR) is 46.6 cm³/mol. The predicted octanol–water partition coefficient (Wildman–Crippen LogP) is 3.02. The minimum atomic E-state index is -0.333. The molecular formula is C8H7BrFN. The first kappa shape index (κ1) is 8.40. The van der Waals surface area contributed by atoms with Crippen LogP contribution >= 0.6 is 15.9 Å². The maximum absolute atomic E-state index is 12.9. The first-order valence-electron chi connectivity index (χ1n) is 3.09. The van der Waals surface area contributed by atoms with E-state index in [0.717, 1.165) is 0 Å². The Kier molecular flexibility index (Phi) is 2.39. The minimum Gasteiger partial charge on any atom is -0.238 e. The SMILES string of the molecule is C=C(C)c1nc(Br)ccc1F. The molecule has 1 heterocycles. The molecule has 58 valence electrons. The lowest BCUT2D eigenvalue weighted by Crippen LogP contribution is -1.90. The third-order valence-electron chi connectivity index (χ3n) is 1.22. The van der Waals surface area contributed by atoms with Gasteiger partial charge < -0.3 is 0 Å². The average Bonchev–Trinajstić information content (AvgIpc) is 1.94. The second-order valence-corrected chi connectivity index (χ2v) is 3.06. The van der Waals surface area contributed by atoms with Gasteiger partial charge in [-0.05, 0) is 40.6 Å². The van der Waals surface area contributed by atoms with Crippen LogP contribution in [0.3, 0.4) is 0 Å². The fourth-order valence-electron chi connectivity index (χ4n) is 0.718. The number of hydrogen-bond donors (Lipinski definition) is 0. The highest BCUT2D eigenvalue weighted by atomic mass is 79.9. The third-order valence-corrected chi connectivity index (χ3v) is 1.66. The summed E-state index contributed by atoms with van der Waals surface area (Å²) < 4.78 is 13.5. The molecule has 3 heteroatoms. The number of rotatable bonds is 1.